The summed E-state index contributed by atoms with van der Waals surface area (Å²) in [6, 6.07) is 7.69. The van der Waals surface area contributed by atoms with Crippen LogP contribution in [0.1, 0.15) is 27.8 Å². The minimum atomic E-state index is -4.44. The maximum absolute atomic E-state index is 13.3. The zero-order valence-corrected chi connectivity index (χ0v) is 17.8. The Labute approximate surface area is 184 Å². The number of ether oxygens (including phenoxy) is 2. The van der Waals surface area contributed by atoms with Gasteiger partial charge in [-0.2, -0.15) is 13.2 Å². The third-order valence-electron chi connectivity index (χ3n) is 5.78. The normalized spacial score (nSPS) is 16.6. The second-order valence-corrected chi connectivity index (χ2v) is 8.42. The largest absolute Gasteiger partial charge is 0.489 e. The van der Waals surface area contributed by atoms with Gasteiger partial charge in [0, 0.05) is 36.8 Å². The van der Waals surface area contributed by atoms with Gasteiger partial charge in [-0.1, -0.05) is 17.7 Å². The molecule has 170 valence electrons. The van der Waals surface area contributed by atoms with E-state index >= 15 is 0 Å². The number of hydrogen-bond acceptors (Lipinski definition) is 4. The van der Waals surface area contributed by atoms with E-state index in [0.717, 1.165) is 22.8 Å². The molecule has 0 atom stereocenters. The second kappa shape index (κ2) is 8.50. The summed E-state index contributed by atoms with van der Waals surface area (Å²) in [4.78, 5) is 13.0. The number of halogens is 3. The van der Waals surface area contributed by atoms with Crippen LogP contribution in [-0.2, 0) is 17.6 Å². The molecule has 5 nitrogen and oxygen atoms in total. The van der Waals surface area contributed by atoms with E-state index in [4.69, 9.17) is 14.6 Å². The predicted octanol–water partition coefficient (Wildman–Crippen LogP) is 4.69. The first-order valence-corrected chi connectivity index (χ1v) is 10.3. The van der Waals surface area contributed by atoms with Gasteiger partial charge in [-0.25, -0.2) is 0 Å². The number of carbonyl (C=O) groups is 1. The Morgan fingerprint density at radius 2 is 1.97 bits per heavy atom. The molecule has 0 amide bonds. The number of carboxylic acids is 1. The van der Waals surface area contributed by atoms with Gasteiger partial charge in [-0.3, -0.25) is 9.69 Å². The van der Waals surface area contributed by atoms with Gasteiger partial charge >= 0.3 is 12.1 Å². The quantitative estimate of drug-likeness (QED) is 0.696. The molecule has 2 aromatic rings. The standard InChI is InChI=1S/C24H24F3NO4/c1-14-3-4-17(21(5-14)24(25,26)27)13-31-19-6-15(2)20-7-16(12-32-22(20)8-19)9-28-10-18(11-28)23(29)30/h3-8,18H,9-13H2,1-2H3,(H,29,30). The first-order chi connectivity index (χ1) is 15.1. The summed E-state index contributed by atoms with van der Waals surface area (Å²) in [6.45, 7) is 5.40. The Morgan fingerprint density at radius 3 is 2.66 bits per heavy atom. The lowest BCUT2D eigenvalue weighted by Gasteiger charge is -2.37. The van der Waals surface area contributed by atoms with Crippen LogP contribution in [0.4, 0.5) is 13.2 Å². The first kappa shape index (κ1) is 22.2. The highest BCUT2D eigenvalue weighted by atomic mass is 19.4. The summed E-state index contributed by atoms with van der Waals surface area (Å²) in [5.74, 6) is -0.00775. The number of likely N-dealkylation sites (tertiary alicyclic amines) is 1. The van der Waals surface area contributed by atoms with Crippen LogP contribution in [0, 0.1) is 19.8 Å². The van der Waals surface area contributed by atoms with Gasteiger partial charge in [0.05, 0.1) is 11.5 Å². The lowest BCUT2D eigenvalue weighted by atomic mass is 9.97. The molecule has 0 unspecified atom stereocenters. The third kappa shape index (κ3) is 4.75. The molecule has 0 spiro atoms. The van der Waals surface area contributed by atoms with Crippen LogP contribution in [0.5, 0.6) is 11.5 Å². The van der Waals surface area contributed by atoms with E-state index in [9.17, 15) is 18.0 Å². The lowest BCUT2D eigenvalue weighted by Crippen LogP contribution is -2.51. The fraction of sp³-hybridized carbons (Fsp3) is 0.375. The minimum absolute atomic E-state index is 0.0794. The summed E-state index contributed by atoms with van der Waals surface area (Å²) in [7, 11) is 0. The van der Waals surface area contributed by atoms with E-state index in [2.05, 4.69) is 4.90 Å². The molecule has 1 N–H and O–H groups in total. The van der Waals surface area contributed by atoms with Gasteiger partial charge in [0.15, 0.2) is 0 Å². The fourth-order valence-electron chi connectivity index (χ4n) is 4.01. The Hall–Kier alpha value is -3.00. The van der Waals surface area contributed by atoms with Crippen LogP contribution >= 0.6 is 0 Å². The summed E-state index contributed by atoms with van der Waals surface area (Å²) in [5.41, 5.74) is 2.77. The van der Waals surface area contributed by atoms with Crippen molar-refractivity contribution in [1.29, 1.82) is 0 Å². The number of carboxylic acid groups (broad SMARTS) is 1. The lowest BCUT2D eigenvalue weighted by molar-refractivity contribution is -0.147. The predicted molar refractivity (Wildman–Crippen MR) is 113 cm³/mol. The van der Waals surface area contributed by atoms with Crippen molar-refractivity contribution in [2.45, 2.75) is 26.6 Å². The van der Waals surface area contributed by atoms with E-state index < -0.39 is 17.7 Å². The number of benzene rings is 2. The van der Waals surface area contributed by atoms with Crippen LogP contribution in [0.2, 0.25) is 0 Å². The first-order valence-electron chi connectivity index (χ1n) is 10.3. The van der Waals surface area contributed by atoms with Crippen molar-refractivity contribution in [3.05, 3.63) is 63.7 Å². The third-order valence-corrected chi connectivity index (χ3v) is 5.78. The van der Waals surface area contributed by atoms with Crippen molar-refractivity contribution in [3.63, 3.8) is 0 Å². The van der Waals surface area contributed by atoms with Crippen molar-refractivity contribution in [2.75, 3.05) is 26.2 Å². The van der Waals surface area contributed by atoms with Crippen molar-refractivity contribution in [2.24, 2.45) is 5.92 Å². The average molecular weight is 447 g/mol. The zero-order valence-electron chi connectivity index (χ0n) is 17.8. The Balaban J connectivity index is 1.45. The molecule has 32 heavy (non-hydrogen) atoms. The molecule has 0 radical (unpaired) electrons. The van der Waals surface area contributed by atoms with Gasteiger partial charge < -0.3 is 14.6 Å². The molecule has 8 heteroatoms. The highest BCUT2D eigenvalue weighted by Gasteiger charge is 2.34. The van der Waals surface area contributed by atoms with Gasteiger partial charge in [0.1, 0.15) is 24.7 Å². The van der Waals surface area contributed by atoms with E-state index in [-0.39, 0.29) is 18.1 Å². The van der Waals surface area contributed by atoms with Crippen LogP contribution in [0.3, 0.4) is 0 Å². The Morgan fingerprint density at radius 1 is 1.22 bits per heavy atom. The molecular formula is C24H24F3NO4. The van der Waals surface area contributed by atoms with Crippen LogP contribution in [-0.4, -0.2) is 42.2 Å². The molecule has 2 aromatic carbocycles. The summed E-state index contributed by atoms with van der Waals surface area (Å²) >= 11 is 0. The van der Waals surface area contributed by atoms with E-state index in [1.165, 1.54) is 6.07 Å². The number of nitrogens with zero attached hydrogens (tertiary/aromatic N) is 1. The minimum Gasteiger partial charge on any atom is -0.489 e. The molecule has 2 aliphatic heterocycles. The van der Waals surface area contributed by atoms with E-state index in [0.29, 0.717) is 43.3 Å². The molecular weight excluding hydrogens is 423 g/mol. The summed E-state index contributed by atoms with van der Waals surface area (Å²) in [5, 5.41) is 9.00. The van der Waals surface area contributed by atoms with Gasteiger partial charge in [-0.15, -0.1) is 0 Å². The number of aliphatic carboxylic acids is 1. The maximum atomic E-state index is 13.3. The summed E-state index contributed by atoms with van der Waals surface area (Å²) < 4.78 is 51.6. The Kier molecular flexibility index (Phi) is 5.90. The van der Waals surface area contributed by atoms with Gasteiger partial charge in [0.25, 0.3) is 0 Å². The fourth-order valence-corrected chi connectivity index (χ4v) is 4.01. The van der Waals surface area contributed by atoms with Crippen LogP contribution in [0.15, 0.2) is 35.9 Å². The number of hydrogen-bond donors (Lipinski definition) is 1. The van der Waals surface area contributed by atoms with Crippen molar-refractivity contribution < 1.29 is 32.5 Å². The molecule has 2 heterocycles. The molecule has 4 rings (SSSR count). The Bertz CT molecular complexity index is 1070. The average Bonchev–Trinajstić information content (AvgIpc) is 2.68. The van der Waals surface area contributed by atoms with Crippen LogP contribution < -0.4 is 9.47 Å². The molecule has 1 saturated heterocycles. The SMILES string of the molecule is Cc1ccc(COc2cc(C)c3c(c2)OCC(CN2CC(C(=O)O)C2)=C3)c(C(F)(F)F)c1. The smallest absolute Gasteiger partial charge is 0.416 e. The van der Waals surface area contributed by atoms with Gasteiger partial charge in [-0.05, 0) is 43.2 Å². The number of alkyl halides is 3. The van der Waals surface area contributed by atoms with Crippen molar-refractivity contribution in [3.8, 4) is 11.5 Å². The van der Waals surface area contributed by atoms with Gasteiger partial charge in [0.2, 0.25) is 0 Å². The molecule has 2 aliphatic rings. The molecule has 0 aromatic heterocycles. The van der Waals surface area contributed by atoms with E-state index in [1.807, 2.05) is 13.0 Å². The number of fused-ring (bicyclic) bond motifs is 1. The zero-order chi connectivity index (χ0) is 23.0. The highest BCUT2D eigenvalue weighted by Crippen LogP contribution is 2.36. The van der Waals surface area contributed by atoms with E-state index in [1.54, 1.807) is 25.1 Å². The summed E-state index contributed by atoms with van der Waals surface area (Å²) in [6.07, 6.45) is -2.41. The topological polar surface area (TPSA) is 59.0 Å². The molecule has 1 fully saturated rings. The second-order valence-electron chi connectivity index (χ2n) is 8.42. The monoisotopic (exact) mass is 447 g/mol. The highest BCUT2D eigenvalue weighted by molar-refractivity contribution is 5.72. The molecule has 0 aliphatic carbocycles. The maximum Gasteiger partial charge on any atom is 0.416 e. The molecule has 0 saturated carbocycles. The van der Waals surface area contributed by atoms with Crippen molar-refractivity contribution >= 4 is 12.0 Å². The number of rotatable bonds is 6. The molecule has 0 bridgehead atoms. The van der Waals surface area contributed by atoms with Crippen molar-refractivity contribution in [1.82, 2.24) is 4.90 Å². The van der Waals surface area contributed by atoms with Crippen LogP contribution in [0.25, 0.3) is 6.08 Å². The number of aryl methyl sites for hydroxylation is 2.